The van der Waals surface area contributed by atoms with Crippen LogP contribution in [0, 0.1) is 0 Å². The quantitative estimate of drug-likeness (QED) is 0.796. The van der Waals surface area contributed by atoms with Crippen molar-refractivity contribution >= 4 is 5.91 Å². The SMILES string of the molecule is C=CC(=O)N1CCn2nc(C(C)(C)CC)cc2C1(C)C. The van der Waals surface area contributed by atoms with Crippen LogP contribution in [0.3, 0.4) is 0 Å². The Morgan fingerprint density at radius 1 is 1.50 bits per heavy atom. The number of carbonyl (C=O) groups excluding carboxylic acids is 1. The van der Waals surface area contributed by atoms with E-state index in [0.717, 1.165) is 24.4 Å². The summed E-state index contributed by atoms with van der Waals surface area (Å²) in [5, 5.41) is 4.76. The summed E-state index contributed by atoms with van der Waals surface area (Å²) in [6.07, 6.45) is 2.43. The molecule has 4 heteroatoms. The molecule has 2 rings (SSSR count). The monoisotopic (exact) mass is 275 g/mol. The van der Waals surface area contributed by atoms with E-state index in [0.29, 0.717) is 6.54 Å². The van der Waals surface area contributed by atoms with Crippen LogP contribution in [0.2, 0.25) is 0 Å². The third-order valence-corrected chi connectivity index (χ3v) is 4.63. The van der Waals surface area contributed by atoms with Crippen molar-refractivity contribution in [1.29, 1.82) is 0 Å². The molecule has 4 nitrogen and oxygen atoms in total. The Bertz CT molecular complexity index is 540. The highest BCUT2D eigenvalue weighted by atomic mass is 16.2. The maximum absolute atomic E-state index is 12.0. The van der Waals surface area contributed by atoms with Crippen molar-refractivity contribution < 1.29 is 4.79 Å². The van der Waals surface area contributed by atoms with E-state index in [4.69, 9.17) is 5.10 Å². The first-order valence-corrected chi connectivity index (χ1v) is 7.27. The van der Waals surface area contributed by atoms with E-state index in [2.05, 4.69) is 51.9 Å². The molecule has 0 fully saturated rings. The first-order valence-electron chi connectivity index (χ1n) is 7.27. The zero-order valence-electron chi connectivity index (χ0n) is 13.2. The predicted molar refractivity (Wildman–Crippen MR) is 80.5 cm³/mol. The molecule has 0 aliphatic carbocycles. The van der Waals surface area contributed by atoms with Crippen LogP contribution < -0.4 is 0 Å². The first-order chi connectivity index (χ1) is 9.24. The highest BCUT2D eigenvalue weighted by molar-refractivity contribution is 5.87. The second kappa shape index (κ2) is 4.76. The minimum Gasteiger partial charge on any atom is -0.327 e. The molecule has 0 saturated carbocycles. The summed E-state index contributed by atoms with van der Waals surface area (Å²) in [6.45, 7) is 15.8. The van der Waals surface area contributed by atoms with Crippen LogP contribution in [0.1, 0.15) is 52.4 Å². The molecular formula is C16H25N3O. The number of carbonyl (C=O) groups is 1. The van der Waals surface area contributed by atoms with Gasteiger partial charge in [-0.1, -0.05) is 27.4 Å². The van der Waals surface area contributed by atoms with Gasteiger partial charge in [0, 0.05) is 12.0 Å². The lowest BCUT2D eigenvalue weighted by Gasteiger charge is -2.42. The number of hydrogen-bond acceptors (Lipinski definition) is 2. The van der Waals surface area contributed by atoms with Crippen LogP contribution in [-0.2, 0) is 22.3 Å². The zero-order valence-corrected chi connectivity index (χ0v) is 13.2. The van der Waals surface area contributed by atoms with E-state index in [-0.39, 0.29) is 16.9 Å². The van der Waals surface area contributed by atoms with Crippen molar-refractivity contribution in [3.63, 3.8) is 0 Å². The molecule has 0 spiro atoms. The molecule has 1 amide bonds. The summed E-state index contributed by atoms with van der Waals surface area (Å²) < 4.78 is 2.06. The fourth-order valence-electron chi connectivity index (χ4n) is 2.70. The van der Waals surface area contributed by atoms with Gasteiger partial charge in [-0.05, 0) is 32.4 Å². The summed E-state index contributed by atoms with van der Waals surface area (Å²) in [5.74, 6) is -0.0150. The van der Waals surface area contributed by atoms with E-state index < -0.39 is 0 Å². The number of aromatic nitrogens is 2. The van der Waals surface area contributed by atoms with Gasteiger partial charge in [-0.3, -0.25) is 9.48 Å². The van der Waals surface area contributed by atoms with Crippen LogP contribution >= 0.6 is 0 Å². The smallest absolute Gasteiger partial charge is 0.246 e. The highest BCUT2D eigenvalue weighted by Gasteiger charge is 2.39. The van der Waals surface area contributed by atoms with E-state index in [1.54, 1.807) is 0 Å². The summed E-state index contributed by atoms with van der Waals surface area (Å²) in [4.78, 5) is 13.9. The number of amides is 1. The van der Waals surface area contributed by atoms with Crippen LogP contribution in [0.4, 0.5) is 0 Å². The topological polar surface area (TPSA) is 38.1 Å². The molecule has 1 aromatic heterocycles. The van der Waals surface area contributed by atoms with Crippen molar-refractivity contribution in [3.8, 4) is 0 Å². The molecule has 1 aromatic rings. The lowest BCUT2D eigenvalue weighted by atomic mass is 9.85. The molecule has 2 heterocycles. The second-order valence-corrected chi connectivity index (χ2v) is 6.63. The fourth-order valence-corrected chi connectivity index (χ4v) is 2.70. The Morgan fingerprint density at radius 3 is 2.70 bits per heavy atom. The Hall–Kier alpha value is -1.58. The van der Waals surface area contributed by atoms with E-state index >= 15 is 0 Å². The number of hydrogen-bond donors (Lipinski definition) is 0. The maximum atomic E-state index is 12.0. The maximum Gasteiger partial charge on any atom is 0.246 e. The van der Waals surface area contributed by atoms with Gasteiger partial charge in [0.25, 0.3) is 0 Å². The standard InChI is InChI=1S/C16H25N3O/c1-7-14(20)18-9-10-19-13(16(18,5)6)11-12(17-19)15(3,4)8-2/h7,11H,1,8-10H2,2-6H3. The lowest BCUT2D eigenvalue weighted by molar-refractivity contribution is -0.133. The third-order valence-electron chi connectivity index (χ3n) is 4.63. The Labute approximate surface area is 121 Å². The molecule has 0 unspecified atom stereocenters. The minimum atomic E-state index is -0.349. The molecule has 0 bridgehead atoms. The molecule has 0 N–H and O–H groups in total. The van der Waals surface area contributed by atoms with Crippen molar-refractivity contribution in [3.05, 3.63) is 30.1 Å². The summed E-state index contributed by atoms with van der Waals surface area (Å²) in [5.41, 5.74) is 1.93. The molecular weight excluding hydrogens is 250 g/mol. The molecule has 1 aliphatic rings. The first kappa shape index (κ1) is 14.8. The van der Waals surface area contributed by atoms with Gasteiger partial charge in [0.1, 0.15) is 0 Å². The number of rotatable bonds is 3. The molecule has 0 radical (unpaired) electrons. The predicted octanol–water partition coefficient (Wildman–Crippen LogP) is 2.83. The van der Waals surface area contributed by atoms with Crippen molar-refractivity contribution in [2.75, 3.05) is 6.54 Å². The Morgan fingerprint density at radius 2 is 2.15 bits per heavy atom. The average molecular weight is 275 g/mol. The van der Waals surface area contributed by atoms with Gasteiger partial charge in [-0.2, -0.15) is 5.10 Å². The Balaban J connectivity index is 2.46. The van der Waals surface area contributed by atoms with Gasteiger partial charge in [-0.25, -0.2) is 0 Å². The van der Waals surface area contributed by atoms with E-state index in [9.17, 15) is 4.79 Å². The lowest BCUT2D eigenvalue weighted by Crippen LogP contribution is -2.51. The summed E-state index contributed by atoms with van der Waals surface area (Å²) in [7, 11) is 0. The summed E-state index contributed by atoms with van der Waals surface area (Å²) >= 11 is 0. The van der Waals surface area contributed by atoms with Crippen LogP contribution in [0.15, 0.2) is 18.7 Å². The van der Waals surface area contributed by atoms with Gasteiger partial charge in [-0.15, -0.1) is 0 Å². The van der Waals surface area contributed by atoms with Gasteiger partial charge >= 0.3 is 0 Å². The molecule has 0 atom stereocenters. The second-order valence-electron chi connectivity index (χ2n) is 6.63. The van der Waals surface area contributed by atoms with Crippen molar-refractivity contribution in [2.24, 2.45) is 0 Å². The minimum absolute atomic E-state index is 0.0150. The molecule has 110 valence electrons. The molecule has 20 heavy (non-hydrogen) atoms. The largest absolute Gasteiger partial charge is 0.327 e. The molecule has 0 saturated heterocycles. The van der Waals surface area contributed by atoms with E-state index in [1.807, 2.05) is 4.90 Å². The number of nitrogens with zero attached hydrogens (tertiary/aromatic N) is 3. The van der Waals surface area contributed by atoms with Gasteiger partial charge < -0.3 is 4.90 Å². The van der Waals surface area contributed by atoms with Gasteiger partial charge in [0.2, 0.25) is 5.91 Å². The molecule has 1 aliphatic heterocycles. The zero-order chi connectivity index (χ0) is 15.1. The van der Waals surface area contributed by atoms with Crippen LogP contribution in [-0.4, -0.2) is 27.1 Å². The van der Waals surface area contributed by atoms with Gasteiger partial charge in [0.15, 0.2) is 0 Å². The van der Waals surface area contributed by atoms with Gasteiger partial charge in [0.05, 0.1) is 23.5 Å². The Kier molecular flexibility index (Phi) is 3.53. The fraction of sp³-hybridized carbons (Fsp3) is 0.625. The van der Waals surface area contributed by atoms with Crippen LogP contribution in [0.5, 0.6) is 0 Å². The number of fused-ring (bicyclic) bond motifs is 1. The van der Waals surface area contributed by atoms with E-state index in [1.165, 1.54) is 6.08 Å². The summed E-state index contributed by atoms with van der Waals surface area (Å²) in [6, 6.07) is 2.16. The molecule has 0 aromatic carbocycles. The van der Waals surface area contributed by atoms with Crippen molar-refractivity contribution in [2.45, 2.75) is 58.5 Å². The van der Waals surface area contributed by atoms with Crippen LogP contribution in [0.25, 0.3) is 0 Å². The average Bonchev–Trinajstić information content (AvgIpc) is 2.84. The third kappa shape index (κ3) is 2.17. The highest BCUT2D eigenvalue weighted by Crippen LogP contribution is 2.35. The van der Waals surface area contributed by atoms with Crippen molar-refractivity contribution in [1.82, 2.24) is 14.7 Å². The normalized spacial score (nSPS) is 17.8.